The highest BCUT2D eigenvalue weighted by Gasteiger charge is 2.28. The third-order valence-electron chi connectivity index (χ3n) is 4.28. The fraction of sp³-hybridized carbons (Fsp3) is 0.588. The quantitative estimate of drug-likeness (QED) is 0.812. The molecule has 2 atom stereocenters. The van der Waals surface area contributed by atoms with Crippen LogP contribution >= 0.6 is 0 Å². The minimum absolute atomic E-state index is 0.0342. The molecule has 1 aromatic carbocycles. The van der Waals surface area contributed by atoms with E-state index in [9.17, 15) is 4.79 Å². The lowest BCUT2D eigenvalue weighted by atomic mass is 9.87. The Bertz CT molecular complexity index is 474. The van der Waals surface area contributed by atoms with E-state index < -0.39 is 0 Å². The Balaban J connectivity index is 2.69. The summed E-state index contributed by atoms with van der Waals surface area (Å²) in [6, 6.07) is 7.84. The van der Waals surface area contributed by atoms with Crippen LogP contribution in [-0.4, -0.2) is 25.1 Å². The number of ether oxygens (including phenoxy) is 1. The molecular formula is C17H28N2O2. The molecule has 3 N–H and O–H groups in total. The number of carbonyl (C=O) groups excluding carboxylic acids is 1. The molecule has 0 spiro atoms. The molecule has 0 aromatic heterocycles. The number of nitrogens with one attached hydrogen (secondary N) is 1. The van der Waals surface area contributed by atoms with Crippen LogP contribution in [0, 0.1) is 5.92 Å². The van der Waals surface area contributed by atoms with Crippen LogP contribution in [0.4, 0.5) is 0 Å². The highest BCUT2D eigenvalue weighted by molar-refractivity contribution is 5.77. The van der Waals surface area contributed by atoms with Gasteiger partial charge in [0.1, 0.15) is 5.75 Å². The zero-order valence-electron chi connectivity index (χ0n) is 13.8. The maximum Gasteiger partial charge on any atom is 0.221 e. The van der Waals surface area contributed by atoms with Gasteiger partial charge in [-0.15, -0.1) is 0 Å². The monoisotopic (exact) mass is 292 g/mol. The highest BCUT2D eigenvalue weighted by Crippen LogP contribution is 2.24. The second-order valence-electron chi connectivity index (χ2n) is 6.21. The maximum absolute atomic E-state index is 12.3. The second kappa shape index (κ2) is 7.46. The van der Waals surface area contributed by atoms with E-state index in [1.54, 1.807) is 7.11 Å². The predicted molar refractivity (Wildman–Crippen MR) is 86.5 cm³/mol. The summed E-state index contributed by atoms with van der Waals surface area (Å²) in [5.74, 6) is 1.27. The first-order chi connectivity index (χ1) is 9.82. The number of methoxy groups -OCH3 is 1. The molecule has 118 valence electrons. The van der Waals surface area contributed by atoms with Crippen molar-refractivity contribution in [3.63, 3.8) is 0 Å². The highest BCUT2D eigenvalue weighted by atomic mass is 16.5. The summed E-state index contributed by atoms with van der Waals surface area (Å²) < 4.78 is 5.22. The molecule has 0 bridgehead atoms. The van der Waals surface area contributed by atoms with Crippen LogP contribution < -0.4 is 15.8 Å². The summed E-state index contributed by atoms with van der Waals surface area (Å²) in [5, 5.41) is 3.08. The standard InChI is InChI=1S/C17H28N2O2/c1-12(2)17(4,11-18)19-16(20)9-13(3)14-7-6-8-15(10-14)21-5/h6-8,10,12-13H,9,11,18H2,1-5H3,(H,19,20). The topological polar surface area (TPSA) is 64.3 Å². The summed E-state index contributed by atoms with van der Waals surface area (Å²) >= 11 is 0. The molecule has 1 rings (SSSR count). The molecule has 0 heterocycles. The van der Waals surface area contributed by atoms with E-state index in [0.717, 1.165) is 11.3 Å². The lowest BCUT2D eigenvalue weighted by molar-refractivity contribution is -0.123. The Hall–Kier alpha value is -1.55. The number of amides is 1. The lowest BCUT2D eigenvalue weighted by Crippen LogP contribution is -2.55. The number of hydrogen-bond acceptors (Lipinski definition) is 3. The third kappa shape index (κ3) is 4.74. The molecule has 21 heavy (non-hydrogen) atoms. The van der Waals surface area contributed by atoms with Crippen LogP contribution in [0.5, 0.6) is 5.75 Å². The van der Waals surface area contributed by atoms with E-state index in [1.165, 1.54) is 0 Å². The van der Waals surface area contributed by atoms with Gasteiger partial charge in [-0.25, -0.2) is 0 Å². The van der Waals surface area contributed by atoms with E-state index in [4.69, 9.17) is 10.5 Å². The van der Waals surface area contributed by atoms with Crippen LogP contribution in [0.3, 0.4) is 0 Å². The largest absolute Gasteiger partial charge is 0.497 e. The maximum atomic E-state index is 12.3. The Morgan fingerprint density at radius 2 is 2.05 bits per heavy atom. The van der Waals surface area contributed by atoms with Gasteiger partial charge in [0.25, 0.3) is 0 Å². The molecule has 0 radical (unpaired) electrons. The minimum atomic E-state index is -0.356. The summed E-state index contributed by atoms with van der Waals surface area (Å²) in [6.07, 6.45) is 0.440. The van der Waals surface area contributed by atoms with Crippen LogP contribution in [0.25, 0.3) is 0 Å². The van der Waals surface area contributed by atoms with Crippen molar-refractivity contribution in [3.05, 3.63) is 29.8 Å². The number of rotatable bonds is 7. The number of benzene rings is 1. The molecule has 1 aromatic rings. The van der Waals surface area contributed by atoms with Gasteiger partial charge < -0.3 is 15.8 Å². The van der Waals surface area contributed by atoms with Crippen LogP contribution in [0.2, 0.25) is 0 Å². The van der Waals surface area contributed by atoms with Gasteiger partial charge in [0.05, 0.1) is 12.6 Å². The van der Waals surface area contributed by atoms with E-state index in [0.29, 0.717) is 18.9 Å². The SMILES string of the molecule is COc1cccc(C(C)CC(=O)NC(C)(CN)C(C)C)c1. The van der Waals surface area contributed by atoms with Gasteiger partial charge >= 0.3 is 0 Å². The molecule has 0 saturated heterocycles. The molecule has 0 aliphatic carbocycles. The average molecular weight is 292 g/mol. The summed E-state index contributed by atoms with van der Waals surface area (Å²) in [7, 11) is 1.64. The first kappa shape index (κ1) is 17.5. The van der Waals surface area contributed by atoms with Gasteiger partial charge in [0.2, 0.25) is 5.91 Å². The molecular weight excluding hydrogens is 264 g/mol. The van der Waals surface area contributed by atoms with Crippen molar-refractivity contribution in [2.45, 2.75) is 45.6 Å². The second-order valence-corrected chi connectivity index (χ2v) is 6.21. The fourth-order valence-corrected chi connectivity index (χ4v) is 2.14. The van der Waals surface area contributed by atoms with Crippen molar-refractivity contribution in [3.8, 4) is 5.75 Å². The molecule has 2 unspecified atom stereocenters. The van der Waals surface area contributed by atoms with Crippen molar-refractivity contribution in [2.75, 3.05) is 13.7 Å². The summed E-state index contributed by atoms with van der Waals surface area (Å²) in [6.45, 7) is 8.61. The van der Waals surface area contributed by atoms with Crippen molar-refractivity contribution in [1.82, 2.24) is 5.32 Å². The molecule has 4 nitrogen and oxygen atoms in total. The zero-order valence-corrected chi connectivity index (χ0v) is 13.8. The predicted octanol–water partition coefficient (Wildman–Crippen LogP) is 2.68. The normalized spacial score (nSPS) is 15.4. The van der Waals surface area contributed by atoms with Gasteiger partial charge in [-0.05, 0) is 36.5 Å². The average Bonchev–Trinajstić information content (AvgIpc) is 2.46. The summed E-state index contributed by atoms with van der Waals surface area (Å²) in [5.41, 5.74) is 6.55. The number of hydrogen-bond donors (Lipinski definition) is 2. The van der Waals surface area contributed by atoms with Crippen molar-refractivity contribution in [1.29, 1.82) is 0 Å². The van der Waals surface area contributed by atoms with Crippen LogP contribution in [0.1, 0.15) is 45.6 Å². The zero-order chi connectivity index (χ0) is 16.0. The van der Waals surface area contributed by atoms with Gasteiger partial charge in [0, 0.05) is 13.0 Å². The third-order valence-corrected chi connectivity index (χ3v) is 4.28. The molecule has 0 saturated carbocycles. The molecule has 4 heteroatoms. The van der Waals surface area contributed by atoms with Gasteiger partial charge in [-0.3, -0.25) is 4.79 Å². The van der Waals surface area contributed by atoms with Gasteiger partial charge in [-0.2, -0.15) is 0 Å². The fourth-order valence-electron chi connectivity index (χ4n) is 2.14. The Labute approximate surface area is 128 Å². The van der Waals surface area contributed by atoms with Gasteiger partial charge in [0.15, 0.2) is 0 Å². The number of nitrogens with two attached hydrogens (primary N) is 1. The first-order valence-corrected chi connectivity index (χ1v) is 7.47. The number of carbonyl (C=O) groups is 1. The molecule has 0 aliphatic heterocycles. The van der Waals surface area contributed by atoms with Crippen molar-refractivity contribution >= 4 is 5.91 Å². The van der Waals surface area contributed by atoms with E-state index in [1.807, 2.05) is 38.1 Å². The summed E-state index contributed by atoms with van der Waals surface area (Å²) in [4.78, 5) is 12.3. The van der Waals surface area contributed by atoms with E-state index >= 15 is 0 Å². The Morgan fingerprint density at radius 3 is 2.57 bits per heavy atom. The smallest absolute Gasteiger partial charge is 0.221 e. The lowest BCUT2D eigenvalue weighted by Gasteiger charge is -2.34. The molecule has 0 fully saturated rings. The van der Waals surface area contributed by atoms with Crippen molar-refractivity contribution in [2.24, 2.45) is 11.7 Å². The molecule has 1 amide bonds. The van der Waals surface area contributed by atoms with Crippen LogP contribution in [0.15, 0.2) is 24.3 Å². The van der Waals surface area contributed by atoms with E-state index in [-0.39, 0.29) is 17.4 Å². The Kier molecular flexibility index (Phi) is 6.21. The van der Waals surface area contributed by atoms with E-state index in [2.05, 4.69) is 19.2 Å². The first-order valence-electron chi connectivity index (χ1n) is 7.47. The van der Waals surface area contributed by atoms with Gasteiger partial charge in [-0.1, -0.05) is 32.9 Å². The van der Waals surface area contributed by atoms with Crippen LogP contribution in [-0.2, 0) is 4.79 Å². The Morgan fingerprint density at radius 1 is 1.38 bits per heavy atom. The van der Waals surface area contributed by atoms with Crippen molar-refractivity contribution < 1.29 is 9.53 Å². The minimum Gasteiger partial charge on any atom is -0.497 e. The molecule has 0 aliphatic rings.